The molecule has 2 rings (SSSR count). The minimum Gasteiger partial charge on any atom is -0.477 e. The maximum absolute atomic E-state index is 11.7. The third-order valence-electron chi connectivity index (χ3n) is 2.28. The van der Waals surface area contributed by atoms with E-state index in [2.05, 4.69) is 31.5 Å². The van der Waals surface area contributed by atoms with Crippen molar-refractivity contribution >= 4 is 27.7 Å². The van der Waals surface area contributed by atoms with Crippen LogP contribution in [0.25, 0.3) is 0 Å². The Hall–Kier alpha value is -1.14. The van der Waals surface area contributed by atoms with Gasteiger partial charge in [-0.15, -0.1) is 0 Å². The van der Waals surface area contributed by atoms with Gasteiger partial charge in [-0.25, -0.2) is 4.98 Å². The van der Waals surface area contributed by atoms with Crippen molar-refractivity contribution in [2.24, 2.45) is 0 Å². The first-order valence-corrected chi connectivity index (χ1v) is 5.78. The van der Waals surface area contributed by atoms with Crippen LogP contribution >= 0.6 is 15.9 Å². The SMILES string of the molecule is CNCCC1Oc2ccc(Br)nc2NC1=O. The number of carbonyl (C=O) groups is 1. The smallest absolute Gasteiger partial charge is 0.266 e. The van der Waals surface area contributed by atoms with Gasteiger partial charge in [0.2, 0.25) is 0 Å². The predicted octanol–water partition coefficient (Wildman–Crippen LogP) is 1.15. The summed E-state index contributed by atoms with van der Waals surface area (Å²) in [5, 5.41) is 5.71. The Balaban J connectivity index is 2.15. The van der Waals surface area contributed by atoms with Gasteiger partial charge in [-0.3, -0.25) is 4.79 Å². The third-order valence-corrected chi connectivity index (χ3v) is 2.73. The standard InChI is InChI=1S/C10H12BrN3O2/c1-12-5-4-7-10(15)14-9-6(16-7)2-3-8(11)13-9/h2-3,7,12H,4-5H2,1H3,(H,13,14,15). The molecule has 16 heavy (non-hydrogen) atoms. The van der Waals surface area contributed by atoms with Crippen molar-refractivity contribution in [3.05, 3.63) is 16.7 Å². The van der Waals surface area contributed by atoms with E-state index in [0.717, 1.165) is 6.54 Å². The molecule has 1 atom stereocenters. The zero-order chi connectivity index (χ0) is 11.5. The Bertz CT molecular complexity index is 411. The van der Waals surface area contributed by atoms with Crippen molar-refractivity contribution in [3.8, 4) is 5.75 Å². The van der Waals surface area contributed by atoms with Crippen molar-refractivity contribution in [1.82, 2.24) is 10.3 Å². The first-order valence-electron chi connectivity index (χ1n) is 4.99. The summed E-state index contributed by atoms with van der Waals surface area (Å²) in [6, 6.07) is 3.57. The van der Waals surface area contributed by atoms with Gasteiger partial charge in [0.25, 0.3) is 5.91 Å². The van der Waals surface area contributed by atoms with Crippen molar-refractivity contribution in [2.75, 3.05) is 18.9 Å². The van der Waals surface area contributed by atoms with Crippen molar-refractivity contribution in [1.29, 1.82) is 0 Å². The number of nitrogens with one attached hydrogen (secondary N) is 2. The van der Waals surface area contributed by atoms with Gasteiger partial charge in [0.05, 0.1) is 0 Å². The molecule has 1 aliphatic heterocycles. The Morgan fingerprint density at radius 1 is 1.62 bits per heavy atom. The molecule has 1 unspecified atom stereocenters. The van der Waals surface area contributed by atoms with Gasteiger partial charge in [-0.1, -0.05) is 0 Å². The predicted molar refractivity (Wildman–Crippen MR) is 63.5 cm³/mol. The van der Waals surface area contributed by atoms with Gasteiger partial charge >= 0.3 is 0 Å². The highest BCUT2D eigenvalue weighted by Crippen LogP contribution is 2.29. The summed E-state index contributed by atoms with van der Waals surface area (Å²) in [5.41, 5.74) is 0. The fourth-order valence-electron chi connectivity index (χ4n) is 1.48. The summed E-state index contributed by atoms with van der Waals surface area (Å²) in [5.74, 6) is 0.942. The average molecular weight is 286 g/mol. The molecule has 0 radical (unpaired) electrons. The number of aromatic nitrogens is 1. The van der Waals surface area contributed by atoms with E-state index in [0.29, 0.717) is 22.6 Å². The van der Waals surface area contributed by atoms with Crippen LogP contribution in [-0.4, -0.2) is 30.6 Å². The van der Waals surface area contributed by atoms with Crippen LogP contribution in [0.1, 0.15) is 6.42 Å². The molecule has 0 saturated carbocycles. The molecule has 2 heterocycles. The van der Waals surface area contributed by atoms with Crippen LogP contribution in [-0.2, 0) is 4.79 Å². The van der Waals surface area contributed by atoms with E-state index in [1.165, 1.54) is 0 Å². The Morgan fingerprint density at radius 2 is 2.44 bits per heavy atom. The van der Waals surface area contributed by atoms with Crippen LogP contribution in [0.2, 0.25) is 0 Å². The van der Waals surface area contributed by atoms with Crippen molar-refractivity contribution in [3.63, 3.8) is 0 Å². The van der Waals surface area contributed by atoms with Gasteiger partial charge in [-0.05, 0) is 41.7 Å². The molecule has 6 heteroatoms. The zero-order valence-corrected chi connectivity index (χ0v) is 10.4. The molecule has 0 fully saturated rings. The number of ether oxygens (including phenoxy) is 1. The molecular formula is C10H12BrN3O2. The largest absolute Gasteiger partial charge is 0.477 e. The van der Waals surface area contributed by atoms with Crippen LogP contribution in [0.5, 0.6) is 5.75 Å². The van der Waals surface area contributed by atoms with Crippen LogP contribution < -0.4 is 15.4 Å². The average Bonchev–Trinajstić information content (AvgIpc) is 2.26. The third kappa shape index (κ3) is 2.33. The lowest BCUT2D eigenvalue weighted by Gasteiger charge is -2.24. The van der Waals surface area contributed by atoms with Crippen LogP contribution in [0.3, 0.4) is 0 Å². The lowest BCUT2D eigenvalue weighted by Crippen LogP contribution is -2.39. The molecule has 1 aromatic rings. The second-order valence-electron chi connectivity index (χ2n) is 3.47. The molecular weight excluding hydrogens is 274 g/mol. The van der Waals surface area contributed by atoms with E-state index >= 15 is 0 Å². The van der Waals surface area contributed by atoms with Crippen LogP contribution in [0.15, 0.2) is 16.7 Å². The fourth-order valence-corrected chi connectivity index (χ4v) is 1.79. The molecule has 0 bridgehead atoms. The number of hydrogen-bond donors (Lipinski definition) is 2. The summed E-state index contributed by atoms with van der Waals surface area (Å²) < 4.78 is 6.24. The number of rotatable bonds is 3. The Kier molecular flexibility index (Phi) is 3.40. The summed E-state index contributed by atoms with van der Waals surface area (Å²) in [6.07, 6.45) is 0.195. The first kappa shape index (κ1) is 11.3. The van der Waals surface area contributed by atoms with Crippen LogP contribution in [0, 0.1) is 0 Å². The number of halogens is 1. The minimum absolute atomic E-state index is 0.145. The van der Waals surface area contributed by atoms with E-state index in [4.69, 9.17) is 4.74 Å². The summed E-state index contributed by atoms with van der Waals surface area (Å²) in [4.78, 5) is 15.8. The van der Waals surface area contributed by atoms with E-state index in [1.807, 2.05) is 7.05 Å². The molecule has 5 nitrogen and oxygen atoms in total. The second-order valence-corrected chi connectivity index (χ2v) is 4.28. The van der Waals surface area contributed by atoms with E-state index < -0.39 is 6.10 Å². The molecule has 0 aromatic carbocycles. The number of carbonyl (C=O) groups excluding carboxylic acids is 1. The summed E-state index contributed by atoms with van der Waals surface area (Å²) >= 11 is 3.24. The maximum atomic E-state index is 11.7. The topological polar surface area (TPSA) is 63.2 Å². The molecule has 0 aliphatic carbocycles. The highest BCUT2D eigenvalue weighted by Gasteiger charge is 2.27. The number of amides is 1. The molecule has 1 amide bonds. The maximum Gasteiger partial charge on any atom is 0.266 e. The van der Waals surface area contributed by atoms with Crippen molar-refractivity contribution < 1.29 is 9.53 Å². The number of hydrogen-bond acceptors (Lipinski definition) is 4. The normalized spacial score (nSPS) is 18.6. The summed E-state index contributed by atoms with van der Waals surface area (Å²) in [7, 11) is 1.84. The first-order chi connectivity index (χ1) is 7.70. The quantitative estimate of drug-likeness (QED) is 0.818. The zero-order valence-electron chi connectivity index (χ0n) is 8.79. The molecule has 1 aromatic heterocycles. The molecule has 0 saturated heterocycles. The second kappa shape index (κ2) is 4.80. The van der Waals surface area contributed by atoms with Crippen molar-refractivity contribution in [2.45, 2.75) is 12.5 Å². The van der Waals surface area contributed by atoms with E-state index in [9.17, 15) is 4.79 Å². The van der Waals surface area contributed by atoms with Crippen LogP contribution in [0.4, 0.5) is 5.82 Å². The highest BCUT2D eigenvalue weighted by molar-refractivity contribution is 9.10. The fraction of sp³-hybridized carbons (Fsp3) is 0.400. The summed E-state index contributed by atoms with van der Waals surface area (Å²) in [6.45, 7) is 0.734. The number of fused-ring (bicyclic) bond motifs is 1. The number of anilines is 1. The van der Waals surface area contributed by atoms with Gasteiger partial charge in [0, 0.05) is 6.42 Å². The molecule has 2 N–H and O–H groups in total. The lowest BCUT2D eigenvalue weighted by molar-refractivity contribution is -0.123. The number of pyridine rings is 1. The Labute approximate surface area is 102 Å². The minimum atomic E-state index is -0.442. The highest BCUT2D eigenvalue weighted by atomic mass is 79.9. The van der Waals surface area contributed by atoms with E-state index in [-0.39, 0.29) is 5.91 Å². The number of nitrogens with zero attached hydrogens (tertiary/aromatic N) is 1. The molecule has 86 valence electrons. The monoisotopic (exact) mass is 285 g/mol. The van der Waals surface area contributed by atoms with Gasteiger partial charge in [0.1, 0.15) is 4.60 Å². The van der Waals surface area contributed by atoms with Gasteiger partial charge in [-0.2, -0.15) is 0 Å². The van der Waals surface area contributed by atoms with Gasteiger partial charge < -0.3 is 15.4 Å². The Morgan fingerprint density at radius 3 is 3.19 bits per heavy atom. The molecule has 0 spiro atoms. The van der Waals surface area contributed by atoms with Gasteiger partial charge in [0.15, 0.2) is 17.7 Å². The van der Waals surface area contributed by atoms with E-state index in [1.54, 1.807) is 12.1 Å². The lowest BCUT2D eigenvalue weighted by atomic mass is 10.2. The molecule has 1 aliphatic rings.